The van der Waals surface area contributed by atoms with Crippen molar-refractivity contribution in [3.8, 4) is 5.75 Å². The van der Waals surface area contributed by atoms with E-state index in [1.807, 2.05) is 12.1 Å². The van der Waals surface area contributed by atoms with Crippen LogP contribution in [0.2, 0.25) is 5.02 Å². The molecule has 2 nitrogen and oxygen atoms in total. The van der Waals surface area contributed by atoms with Crippen molar-refractivity contribution >= 4 is 45.1 Å². The molecule has 0 aliphatic carbocycles. The number of hydrogen-bond donors (Lipinski definition) is 1. The van der Waals surface area contributed by atoms with Crippen molar-refractivity contribution in [2.24, 2.45) is 0 Å². The average Bonchev–Trinajstić information content (AvgIpc) is 2.45. The Morgan fingerprint density at radius 2 is 2.23 bits per heavy atom. The van der Waals surface area contributed by atoms with Crippen molar-refractivity contribution in [3.63, 3.8) is 0 Å². The molecule has 0 fully saturated rings. The third-order valence-corrected chi connectivity index (χ3v) is 2.75. The van der Waals surface area contributed by atoms with E-state index in [2.05, 4.69) is 33.6 Å². The maximum atomic E-state index is 5.97. The summed E-state index contributed by atoms with van der Waals surface area (Å²) in [5, 5.41) is 1.75. The highest BCUT2D eigenvalue weighted by Crippen LogP contribution is 2.33. The molecule has 0 saturated carbocycles. The van der Waals surface area contributed by atoms with Crippen molar-refractivity contribution in [3.05, 3.63) is 26.9 Å². The Kier molecular flexibility index (Phi) is 2.38. The molecule has 0 amide bonds. The minimum absolute atomic E-state index is 0.633. The maximum Gasteiger partial charge on any atom is 0.161 e. The van der Waals surface area contributed by atoms with E-state index in [-0.39, 0.29) is 0 Å². The van der Waals surface area contributed by atoms with Crippen molar-refractivity contribution in [2.75, 3.05) is 7.11 Å². The van der Waals surface area contributed by atoms with Gasteiger partial charge < -0.3 is 9.72 Å². The Balaban J connectivity index is 2.82. The highest BCUT2D eigenvalue weighted by molar-refractivity contribution is 14.1. The Morgan fingerprint density at radius 1 is 1.46 bits per heavy atom. The van der Waals surface area contributed by atoms with Crippen LogP contribution in [0.25, 0.3) is 10.9 Å². The summed E-state index contributed by atoms with van der Waals surface area (Å²) in [4.78, 5) is 3.20. The molecule has 2 rings (SSSR count). The molecule has 0 unspecified atom stereocenters. The summed E-state index contributed by atoms with van der Waals surface area (Å²) >= 11 is 8.19. The van der Waals surface area contributed by atoms with Gasteiger partial charge in [-0.05, 0) is 34.7 Å². The number of rotatable bonds is 1. The fourth-order valence-electron chi connectivity index (χ4n) is 1.31. The van der Waals surface area contributed by atoms with Crippen molar-refractivity contribution in [1.29, 1.82) is 0 Å². The van der Waals surface area contributed by atoms with Gasteiger partial charge in [-0.25, -0.2) is 0 Å². The van der Waals surface area contributed by atoms with Gasteiger partial charge >= 0.3 is 0 Å². The van der Waals surface area contributed by atoms with E-state index < -0.39 is 0 Å². The van der Waals surface area contributed by atoms with Crippen LogP contribution in [0.3, 0.4) is 0 Å². The normalized spacial score (nSPS) is 10.7. The van der Waals surface area contributed by atoms with E-state index in [4.69, 9.17) is 16.3 Å². The van der Waals surface area contributed by atoms with Gasteiger partial charge in [0.05, 0.1) is 21.3 Å². The second-order valence-electron chi connectivity index (χ2n) is 2.66. The van der Waals surface area contributed by atoms with Gasteiger partial charge in [-0.15, -0.1) is 0 Å². The Bertz CT molecular complexity index is 452. The molecule has 0 bridgehead atoms. The van der Waals surface area contributed by atoms with Crippen LogP contribution in [-0.4, -0.2) is 12.1 Å². The molecule has 68 valence electrons. The number of benzene rings is 1. The lowest BCUT2D eigenvalue weighted by molar-refractivity contribution is 0.419. The van der Waals surface area contributed by atoms with Crippen LogP contribution < -0.4 is 4.74 Å². The van der Waals surface area contributed by atoms with E-state index in [0.29, 0.717) is 10.8 Å². The Hall–Kier alpha value is -0.420. The van der Waals surface area contributed by atoms with Crippen LogP contribution >= 0.6 is 34.2 Å². The Morgan fingerprint density at radius 3 is 2.92 bits per heavy atom. The van der Waals surface area contributed by atoms with Crippen LogP contribution in [-0.2, 0) is 0 Å². The number of methoxy groups -OCH3 is 1. The van der Waals surface area contributed by atoms with Crippen LogP contribution in [0, 0.1) is 3.70 Å². The SMILES string of the molecule is COc1c(Cl)ccc2cc(I)[nH]c12. The van der Waals surface area contributed by atoms with Crippen molar-refractivity contribution in [1.82, 2.24) is 4.98 Å². The smallest absolute Gasteiger partial charge is 0.161 e. The summed E-state index contributed by atoms with van der Waals surface area (Å²) < 4.78 is 6.28. The number of hydrogen-bond acceptors (Lipinski definition) is 1. The fraction of sp³-hybridized carbons (Fsp3) is 0.111. The molecule has 0 atom stereocenters. The summed E-state index contributed by atoms with van der Waals surface area (Å²) in [5.41, 5.74) is 0.958. The number of halogens is 2. The lowest BCUT2D eigenvalue weighted by Crippen LogP contribution is -1.85. The molecule has 4 heteroatoms. The van der Waals surface area contributed by atoms with E-state index in [1.165, 1.54) is 0 Å². The molecule has 2 aromatic rings. The number of H-pyrrole nitrogens is 1. The highest BCUT2D eigenvalue weighted by Gasteiger charge is 2.08. The zero-order valence-electron chi connectivity index (χ0n) is 6.90. The number of nitrogens with one attached hydrogen (secondary N) is 1. The second-order valence-corrected chi connectivity index (χ2v) is 4.23. The predicted octanol–water partition coefficient (Wildman–Crippen LogP) is 3.43. The van der Waals surface area contributed by atoms with Gasteiger partial charge in [-0.3, -0.25) is 0 Å². The topological polar surface area (TPSA) is 25.0 Å². The molecule has 0 saturated heterocycles. The van der Waals surface area contributed by atoms with E-state index in [9.17, 15) is 0 Å². The van der Waals surface area contributed by atoms with Gasteiger partial charge in [-0.2, -0.15) is 0 Å². The first kappa shape index (κ1) is 9.15. The van der Waals surface area contributed by atoms with Gasteiger partial charge in [0.1, 0.15) is 0 Å². The third-order valence-electron chi connectivity index (χ3n) is 1.87. The average molecular weight is 308 g/mol. The highest BCUT2D eigenvalue weighted by atomic mass is 127. The summed E-state index contributed by atoms with van der Waals surface area (Å²) in [6, 6.07) is 5.86. The number of aromatic nitrogens is 1. The van der Waals surface area contributed by atoms with Crippen molar-refractivity contribution < 1.29 is 4.74 Å². The minimum atomic E-state index is 0.633. The number of aromatic amines is 1. The van der Waals surface area contributed by atoms with Crippen LogP contribution in [0.5, 0.6) is 5.75 Å². The lowest BCUT2D eigenvalue weighted by atomic mass is 10.2. The minimum Gasteiger partial charge on any atom is -0.493 e. The molecule has 0 aliphatic rings. The molecule has 13 heavy (non-hydrogen) atoms. The largest absolute Gasteiger partial charge is 0.493 e. The molecular formula is C9H7ClINO. The predicted molar refractivity (Wildman–Crippen MR) is 62.6 cm³/mol. The summed E-state index contributed by atoms with van der Waals surface area (Å²) in [6.07, 6.45) is 0. The summed E-state index contributed by atoms with van der Waals surface area (Å²) in [6.45, 7) is 0. The van der Waals surface area contributed by atoms with E-state index >= 15 is 0 Å². The lowest BCUT2D eigenvalue weighted by Gasteiger charge is -2.03. The van der Waals surface area contributed by atoms with Crippen molar-refractivity contribution in [2.45, 2.75) is 0 Å². The fourth-order valence-corrected chi connectivity index (χ4v) is 2.15. The monoisotopic (exact) mass is 307 g/mol. The zero-order chi connectivity index (χ0) is 9.42. The molecule has 1 heterocycles. The first-order valence-electron chi connectivity index (χ1n) is 3.73. The number of fused-ring (bicyclic) bond motifs is 1. The second kappa shape index (κ2) is 3.38. The maximum absolute atomic E-state index is 5.97. The standard InChI is InChI=1S/C9H7ClINO/c1-13-9-6(10)3-2-5-4-7(11)12-8(5)9/h2-4,12H,1H3. The molecule has 1 N–H and O–H groups in total. The zero-order valence-corrected chi connectivity index (χ0v) is 9.81. The first-order chi connectivity index (χ1) is 6.22. The molecule has 0 radical (unpaired) electrons. The molecule has 0 aliphatic heterocycles. The quantitative estimate of drug-likeness (QED) is 0.802. The van der Waals surface area contributed by atoms with Gasteiger partial charge in [0.2, 0.25) is 0 Å². The number of ether oxygens (including phenoxy) is 1. The third kappa shape index (κ3) is 1.50. The molecular weight excluding hydrogens is 300 g/mol. The summed E-state index contributed by atoms with van der Waals surface area (Å²) in [7, 11) is 1.62. The molecule has 0 spiro atoms. The van der Waals surface area contributed by atoms with Gasteiger partial charge in [-0.1, -0.05) is 17.7 Å². The molecule has 1 aromatic heterocycles. The van der Waals surface area contributed by atoms with Gasteiger partial charge in [0.25, 0.3) is 0 Å². The van der Waals surface area contributed by atoms with Crippen LogP contribution in [0.1, 0.15) is 0 Å². The van der Waals surface area contributed by atoms with Crippen LogP contribution in [0.15, 0.2) is 18.2 Å². The van der Waals surface area contributed by atoms with Gasteiger partial charge in [0.15, 0.2) is 5.75 Å². The van der Waals surface area contributed by atoms with Gasteiger partial charge in [0, 0.05) is 5.39 Å². The van der Waals surface area contributed by atoms with E-state index in [0.717, 1.165) is 14.6 Å². The Labute approximate surface area is 94.4 Å². The summed E-state index contributed by atoms with van der Waals surface area (Å²) in [5.74, 6) is 0.710. The molecule has 1 aromatic carbocycles. The first-order valence-corrected chi connectivity index (χ1v) is 5.19. The van der Waals surface area contributed by atoms with E-state index in [1.54, 1.807) is 7.11 Å². The van der Waals surface area contributed by atoms with Crippen LogP contribution in [0.4, 0.5) is 0 Å².